The second-order valence-electron chi connectivity index (χ2n) is 10.9. The van der Waals surface area contributed by atoms with Crippen LogP contribution in [0.2, 0.25) is 0 Å². The molecule has 0 radical (unpaired) electrons. The number of aryl methyl sites for hydroxylation is 2. The molecule has 11 heteroatoms. The number of pyridine rings is 1. The Balaban J connectivity index is 1.54. The molecule has 1 saturated heterocycles. The van der Waals surface area contributed by atoms with Crippen molar-refractivity contribution >= 4 is 22.3 Å². The molecule has 2 aromatic heterocycles. The van der Waals surface area contributed by atoms with E-state index in [9.17, 15) is 14.9 Å². The summed E-state index contributed by atoms with van der Waals surface area (Å²) in [6.07, 6.45) is 0. The molecular weight excluding hydrogens is 484 g/mol. The first-order valence-electron chi connectivity index (χ1n) is 12.7. The first-order chi connectivity index (χ1) is 18.0. The minimum atomic E-state index is -0.448. The Hall–Kier alpha value is -4.12. The van der Waals surface area contributed by atoms with Crippen molar-refractivity contribution in [3.8, 4) is 0 Å². The van der Waals surface area contributed by atoms with Gasteiger partial charge in [0.15, 0.2) is 5.82 Å². The van der Waals surface area contributed by atoms with Crippen molar-refractivity contribution in [2.75, 3.05) is 31.1 Å². The standard InChI is InChI=1S/C27H32N8O3/c1-17-6-7-18(2)23-21(17)16-22(26(36)28-23)24(25-29-30-31-34(25)27(3,4)5)33-14-12-32(13-15-33)19-8-10-20(11-9-19)35(37)38/h6-11,16,24H,12-15H2,1-5H3,(H,28,36)/t24-/m0/s1. The van der Waals surface area contributed by atoms with Gasteiger partial charge >= 0.3 is 0 Å². The number of H-pyrrole nitrogens is 1. The summed E-state index contributed by atoms with van der Waals surface area (Å²) in [5.41, 5.74) is 4.02. The number of hydrogen-bond acceptors (Lipinski definition) is 8. The summed E-state index contributed by atoms with van der Waals surface area (Å²) in [5, 5.41) is 24.8. The molecule has 1 aliphatic heterocycles. The van der Waals surface area contributed by atoms with Crippen LogP contribution in [0.15, 0.2) is 47.3 Å². The summed E-state index contributed by atoms with van der Waals surface area (Å²) in [5.74, 6) is 0.622. The molecule has 0 spiro atoms. The molecule has 198 valence electrons. The van der Waals surface area contributed by atoms with Gasteiger partial charge in [-0.25, -0.2) is 4.68 Å². The van der Waals surface area contributed by atoms with Gasteiger partial charge < -0.3 is 9.88 Å². The number of rotatable bonds is 5. The van der Waals surface area contributed by atoms with E-state index in [-0.39, 0.29) is 16.8 Å². The van der Waals surface area contributed by atoms with Crippen LogP contribution in [0.5, 0.6) is 0 Å². The molecule has 0 amide bonds. The maximum absolute atomic E-state index is 13.6. The first-order valence-corrected chi connectivity index (χ1v) is 12.7. The highest BCUT2D eigenvalue weighted by Gasteiger charge is 2.35. The van der Waals surface area contributed by atoms with Crippen molar-refractivity contribution in [1.29, 1.82) is 0 Å². The van der Waals surface area contributed by atoms with Gasteiger partial charge in [-0.2, -0.15) is 0 Å². The van der Waals surface area contributed by atoms with Crippen LogP contribution in [-0.2, 0) is 5.54 Å². The van der Waals surface area contributed by atoms with E-state index >= 15 is 0 Å². The van der Waals surface area contributed by atoms with Gasteiger partial charge in [-0.3, -0.25) is 19.8 Å². The van der Waals surface area contributed by atoms with Gasteiger partial charge in [0, 0.05) is 54.9 Å². The maximum Gasteiger partial charge on any atom is 0.269 e. The fraction of sp³-hybridized carbons (Fsp3) is 0.407. The highest BCUT2D eigenvalue weighted by molar-refractivity contribution is 5.85. The third-order valence-corrected chi connectivity index (χ3v) is 7.25. The van der Waals surface area contributed by atoms with Crippen molar-refractivity contribution in [3.05, 3.63) is 85.4 Å². The van der Waals surface area contributed by atoms with Crippen molar-refractivity contribution in [2.24, 2.45) is 0 Å². The Morgan fingerprint density at radius 1 is 1.00 bits per heavy atom. The van der Waals surface area contributed by atoms with Crippen LogP contribution in [-0.4, -0.2) is 61.2 Å². The van der Waals surface area contributed by atoms with Gasteiger partial charge in [-0.15, -0.1) is 5.10 Å². The second-order valence-corrected chi connectivity index (χ2v) is 10.9. The number of anilines is 1. The quantitative estimate of drug-likeness (QED) is 0.314. The molecule has 2 aromatic carbocycles. The summed E-state index contributed by atoms with van der Waals surface area (Å²) < 4.78 is 1.80. The van der Waals surface area contributed by atoms with Gasteiger partial charge in [0.2, 0.25) is 0 Å². The molecule has 1 N–H and O–H groups in total. The Labute approximate surface area is 220 Å². The molecule has 0 unspecified atom stereocenters. The van der Waals surface area contributed by atoms with Gasteiger partial charge in [0.1, 0.15) is 6.04 Å². The average molecular weight is 517 g/mol. The molecule has 0 aliphatic carbocycles. The number of nitro benzene ring substituents is 1. The van der Waals surface area contributed by atoms with Gasteiger partial charge in [0.25, 0.3) is 11.2 Å². The number of non-ortho nitro benzene ring substituents is 1. The number of nitrogens with zero attached hydrogens (tertiary/aromatic N) is 7. The largest absolute Gasteiger partial charge is 0.369 e. The summed E-state index contributed by atoms with van der Waals surface area (Å²) in [4.78, 5) is 31.8. The number of hydrogen-bond donors (Lipinski definition) is 1. The summed E-state index contributed by atoms with van der Waals surface area (Å²) in [6, 6.07) is 12.2. The molecule has 0 saturated carbocycles. The lowest BCUT2D eigenvalue weighted by Crippen LogP contribution is -2.49. The minimum Gasteiger partial charge on any atom is -0.369 e. The highest BCUT2D eigenvalue weighted by atomic mass is 16.6. The lowest BCUT2D eigenvalue weighted by Gasteiger charge is -2.40. The minimum absolute atomic E-state index is 0.0718. The van der Waals surface area contributed by atoms with Gasteiger partial charge in [-0.1, -0.05) is 12.1 Å². The average Bonchev–Trinajstić information content (AvgIpc) is 3.38. The van der Waals surface area contributed by atoms with E-state index < -0.39 is 11.0 Å². The number of nitrogens with one attached hydrogen (secondary N) is 1. The van der Waals surface area contributed by atoms with Crippen LogP contribution in [0.25, 0.3) is 10.9 Å². The van der Waals surface area contributed by atoms with E-state index in [1.165, 1.54) is 12.1 Å². The zero-order valence-electron chi connectivity index (χ0n) is 22.3. The molecule has 0 bridgehead atoms. The topological polar surface area (TPSA) is 126 Å². The van der Waals surface area contributed by atoms with E-state index in [4.69, 9.17) is 0 Å². The van der Waals surface area contributed by atoms with Crippen LogP contribution < -0.4 is 10.5 Å². The number of fused-ring (bicyclic) bond motifs is 1. The second kappa shape index (κ2) is 9.64. The lowest BCUT2D eigenvalue weighted by atomic mass is 9.98. The van der Waals surface area contributed by atoms with Crippen LogP contribution in [0.1, 0.15) is 49.3 Å². The highest BCUT2D eigenvalue weighted by Crippen LogP contribution is 2.32. The van der Waals surface area contributed by atoms with Crippen molar-refractivity contribution in [1.82, 2.24) is 30.1 Å². The number of tetrazole rings is 1. The zero-order valence-corrected chi connectivity index (χ0v) is 22.3. The first kappa shape index (κ1) is 25.5. The van der Waals surface area contributed by atoms with E-state index in [0.717, 1.165) is 27.7 Å². The summed E-state index contributed by atoms with van der Waals surface area (Å²) in [7, 11) is 0. The monoisotopic (exact) mass is 516 g/mol. The Morgan fingerprint density at radius 2 is 1.66 bits per heavy atom. The molecule has 3 heterocycles. The van der Waals surface area contributed by atoms with Crippen molar-refractivity contribution in [2.45, 2.75) is 46.2 Å². The molecule has 5 rings (SSSR count). The molecule has 38 heavy (non-hydrogen) atoms. The van der Waals surface area contributed by atoms with E-state index in [2.05, 4.69) is 36.4 Å². The maximum atomic E-state index is 13.6. The van der Waals surface area contributed by atoms with Crippen molar-refractivity contribution < 1.29 is 4.92 Å². The van der Waals surface area contributed by atoms with E-state index in [1.54, 1.807) is 16.8 Å². The van der Waals surface area contributed by atoms with Gasteiger partial charge in [-0.05, 0) is 74.4 Å². The van der Waals surface area contributed by atoms with Gasteiger partial charge in [0.05, 0.1) is 16.0 Å². The molecular formula is C27H32N8O3. The van der Waals surface area contributed by atoms with Crippen LogP contribution in [0.4, 0.5) is 11.4 Å². The number of piperazine rings is 1. The molecule has 1 atom stereocenters. The Morgan fingerprint density at radius 3 is 2.29 bits per heavy atom. The fourth-order valence-electron chi connectivity index (χ4n) is 5.16. The normalized spacial score (nSPS) is 15.7. The SMILES string of the molecule is Cc1ccc(C)c2[nH]c(=O)c([C@@H](c3nnnn3C(C)(C)C)N3CCN(c4ccc([N+](=O)[O-])cc4)CC3)cc12. The van der Waals surface area contributed by atoms with Crippen LogP contribution in [0.3, 0.4) is 0 Å². The van der Waals surface area contributed by atoms with Crippen LogP contribution >= 0.6 is 0 Å². The number of aromatic amines is 1. The Kier molecular flexibility index (Phi) is 6.47. The molecule has 1 fully saturated rings. The fourth-order valence-corrected chi connectivity index (χ4v) is 5.16. The summed E-state index contributed by atoms with van der Waals surface area (Å²) in [6.45, 7) is 12.8. The Bertz CT molecular complexity index is 1540. The van der Waals surface area contributed by atoms with E-state index in [1.807, 2.05) is 46.8 Å². The predicted octanol–water partition coefficient (Wildman–Crippen LogP) is 3.71. The molecule has 4 aromatic rings. The van der Waals surface area contributed by atoms with Crippen molar-refractivity contribution in [3.63, 3.8) is 0 Å². The number of nitro groups is 1. The van der Waals surface area contributed by atoms with Crippen LogP contribution in [0, 0.1) is 24.0 Å². The number of benzene rings is 2. The predicted molar refractivity (Wildman–Crippen MR) is 146 cm³/mol. The number of aromatic nitrogens is 5. The smallest absolute Gasteiger partial charge is 0.269 e. The van der Waals surface area contributed by atoms with E-state index in [0.29, 0.717) is 37.6 Å². The third-order valence-electron chi connectivity index (χ3n) is 7.25. The third kappa shape index (κ3) is 4.65. The zero-order chi connectivity index (χ0) is 27.2. The lowest BCUT2D eigenvalue weighted by molar-refractivity contribution is -0.384. The molecule has 11 nitrogen and oxygen atoms in total. The molecule has 1 aliphatic rings. The summed E-state index contributed by atoms with van der Waals surface area (Å²) >= 11 is 0.